The van der Waals surface area contributed by atoms with Crippen LogP contribution in [0.4, 0.5) is 0 Å². The third kappa shape index (κ3) is 1.98. The molecule has 1 nitrogen and oxygen atoms in total. The Morgan fingerprint density at radius 3 is 2.38 bits per heavy atom. The van der Waals surface area contributed by atoms with Gasteiger partial charge in [-0.1, -0.05) is 17.7 Å². The molecule has 1 heterocycles. The van der Waals surface area contributed by atoms with E-state index in [9.17, 15) is 0 Å². The van der Waals surface area contributed by atoms with Crippen molar-refractivity contribution >= 4 is 20.0 Å². The maximum atomic E-state index is 5.43. The summed E-state index contributed by atoms with van der Waals surface area (Å²) in [5.41, 5.74) is 0. The zero-order valence-electron chi connectivity index (χ0n) is 4.21. The van der Waals surface area contributed by atoms with Crippen molar-refractivity contribution in [3.63, 3.8) is 0 Å². The standard InChI is InChI=1S/C5H4ClN.B/c6-5-3-1-2-4-7-5;/h1-4H;. The zero-order chi connectivity index (χ0) is 5.11. The van der Waals surface area contributed by atoms with Gasteiger partial charge in [0, 0.05) is 14.6 Å². The first-order chi connectivity index (χ1) is 3.39. The summed E-state index contributed by atoms with van der Waals surface area (Å²) in [5.74, 6) is 0. The molecule has 3 heteroatoms. The molecule has 0 N–H and O–H groups in total. The number of pyridine rings is 1. The Balaban J connectivity index is 0.000000490. The van der Waals surface area contributed by atoms with E-state index in [1.807, 2.05) is 12.1 Å². The molecule has 1 aromatic rings. The predicted molar refractivity (Wildman–Crippen MR) is 35.0 cm³/mol. The van der Waals surface area contributed by atoms with E-state index in [1.54, 1.807) is 12.3 Å². The van der Waals surface area contributed by atoms with E-state index in [2.05, 4.69) is 4.98 Å². The molecular formula is C5H4BClN. The van der Waals surface area contributed by atoms with Gasteiger partial charge in [0.1, 0.15) is 5.15 Å². The Labute approximate surface area is 55.3 Å². The van der Waals surface area contributed by atoms with E-state index in [4.69, 9.17) is 11.6 Å². The summed E-state index contributed by atoms with van der Waals surface area (Å²) in [7, 11) is 0. The topological polar surface area (TPSA) is 12.9 Å². The molecule has 0 aliphatic carbocycles. The predicted octanol–water partition coefficient (Wildman–Crippen LogP) is 1.35. The third-order valence-electron chi connectivity index (χ3n) is 0.629. The largest absolute Gasteiger partial charge is 0.245 e. The number of hydrogen-bond acceptors (Lipinski definition) is 1. The molecule has 3 radical (unpaired) electrons. The van der Waals surface area contributed by atoms with Gasteiger partial charge in [0.15, 0.2) is 0 Å². The van der Waals surface area contributed by atoms with Gasteiger partial charge in [-0.15, -0.1) is 0 Å². The van der Waals surface area contributed by atoms with Crippen molar-refractivity contribution in [1.29, 1.82) is 0 Å². The van der Waals surface area contributed by atoms with Crippen LogP contribution in [0.2, 0.25) is 5.15 Å². The van der Waals surface area contributed by atoms with E-state index in [-0.39, 0.29) is 8.41 Å². The molecule has 0 fully saturated rings. The van der Waals surface area contributed by atoms with Crippen LogP contribution in [0.25, 0.3) is 0 Å². The lowest BCUT2D eigenvalue weighted by molar-refractivity contribution is 1.33. The van der Waals surface area contributed by atoms with Crippen molar-refractivity contribution < 1.29 is 0 Å². The minimum absolute atomic E-state index is 0. The van der Waals surface area contributed by atoms with Gasteiger partial charge in [-0.05, 0) is 12.1 Å². The van der Waals surface area contributed by atoms with Gasteiger partial charge in [0.05, 0.1) is 0 Å². The van der Waals surface area contributed by atoms with Crippen molar-refractivity contribution in [1.82, 2.24) is 4.98 Å². The van der Waals surface area contributed by atoms with Gasteiger partial charge in [-0.25, -0.2) is 4.98 Å². The summed E-state index contributed by atoms with van der Waals surface area (Å²) in [6.45, 7) is 0. The normalized spacial score (nSPS) is 7.62. The van der Waals surface area contributed by atoms with Crippen LogP contribution in [0, 0.1) is 0 Å². The second-order valence-corrected chi connectivity index (χ2v) is 1.54. The highest BCUT2D eigenvalue weighted by Crippen LogP contribution is 1.98. The van der Waals surface area contributed by atoms with E-state index in [1.165, 1.54) is 0 Å². The fourth-order valence-electron chi connectivity index (χ4n) is 0.342. The van der Waals surface area contributed by atoms with Crippen molar-refractivity contribution in [2.45, 2.75) is 0 Å². The van der Waals surface area contributed by atoms with Crippen LogP contribution in [0.1, 0.15) is 0 Å². The second kappa shape index (κ2) is 3.50. The Bertz CT molecular complexity index is 142. The Morgan fingerprint density at radius 1 is 1.38 bits per heavy atom. The fourth-order valence-corrected chi connectivity index (χ4v) is 0.471. The smallest absolute Gasteiger partial charge is 0.129 e. The highest BCUT2D eigenvalue weighted by molar-refractivity contribution is 6.29. The van der Waals surface area contributed by atoms with Crippen LogP contribution in [0.3, 0.4) is 0 Å². The Morgan fingerprint density at radius 2 is 2.12 bits per heavy atom. The average Bonchev–Trinajstić information content (AvgIpc) is 1.69. The summed E-state index contributed by atoms with van der Waals surface area (Å²) >= 11 is 5.43. The van der Waals surface area contributed by atoms with Crippen molar-refractivity contribution in [2.24, 2.45) is 0 Å². The molecule has 0 aliphatic rings. The molecule has 0 bridgehead atoms. The summed E-state index contributed by atoms with van der Waals surface area (Å²) in [6.07, 6.45) is 1.66. The SMILES string of the molecule is Clc1ccccn1.[B]. The minimum Gasteiger partial charge on any atom is -0.245 e. The average molecular weight is 124 g/mol. The van der Waals surface area contributed by atoms with Crippen LogP contribution < -0.4 is 0 Å². The molecule has 0 saturated carbocycles. The van der Waals surface area contributed by atoms with Crippen molar-refractivity contribution in [3.8, 4) is 0 Å². The number of halogens is 1. The zero-order valence-corrected chi connectivity index (χ0v) is 4.97. The molecule has 0 spiro atoms. The molecule has 1 aromatic heterocycles. The van der Waals surface area contributed by atoms with E-state index in [0.29, 0.717) is 5.15 Å². The monoisotopic (exact) mass is 124 g/mol. The number of aromatic nitrogens is 1. The van der Waals surface area contributed by atoms with Crippen molar-refractivity contribution in [3.05, 3.63) is 29.5 Å². The lowest BCUT2D eigenvalue weighted by Crippen LogP contribution is -1.65. The highest BCUT2D eigenvalue weighted by Gasteiger charge is 1.76. The van der Waals surface area contributed by atoms with Gasteiger partial charge in [0.2, 0.25) is 0 Å². The Hall–Kier alpha value is -0.495. The lowest BCUT2D eigenvalue weighted by Gasteiger charge is -1.79. The maximum absolute atomic E-state index is 5.43. The van der Waals surface area contributed by atoms with Gasteiger partial charge < -0.3 is 0 Å². The molecule has 0 aliphatic heterocycles. The Kier molecular flexibility index (Phi) is 3.28. The first kappa shape index (κ1) is 7.50. The second-order valence-electron chi connectivity index (χ2n) is 1.15. The number of nitrogens with zero attached hydrogens (tertiary/aromatic N) is 1. The number of hydrogen-bond donors (Lipinski definition) is 0. The third-order valence-corrected chi connectivity index (χ3v) is 0.852. The van der Waals surface area contributed by atoms with Crippen LogP contribution in [0.15, 0.2) is 24.4 Å². The lowest BCUT2D eigenvalue weighted by atomic mass is 10.5. The quantitative estimate of drug-likeness (QED) is 0.376. The summed E-state index contributed by atoms with van der Waals surface area (Å²) < 4.78 is 0. The minimum atomic E-state index is 0. The highest BCUT2D eigenvalue weighted by atomic mass is 35.5. The van der Waals surface area contributed by atoms with Crippen LogP contribution in [-0.2, 0) is 0 Å². The van der Waals surface area contributed by atoms with E-state index in [0.717, 1.165) is 0 Å². The molecular weight excluding hydrogens is 120 g/mol. The summed E-state index contributed by atoms with van der Waals surface area (Å²) in [5, 5.41) is 0.544. The van der Waals surface area contributed by atoms with Crippen LogP contribution in [0.5, 0.6) is 0 Å². The van der Waals surface area contributed by atoms with Crippen molar-refractivity contribution in [2.75, 3.05) is 0 Å². The van der Waals surface area contributed by atoms with Crippen LogP contribution >= 0.6 is 11.6 Å². The van der Waals surface area contributed by atoms with Gasteiger partial charge >= 0.3 is 0 Å². The van der Waals surface area contributed by atoms with Gasteiger partial charge in [-0.2, -0.15) is 0 Å². The molecule has 0 amide bonds. The molecule has 0 unspecified atom stereocenters. The molecule has 39 valence electrons. The molecule has 0 atom stereocenters. The van der Waals surface area contributed by atoms with Crippen LogP contribution in [-0.4, -0.2) is 13.4 Å². The van der Waals surface area contributed by atoms with E-state index >= 15 is 0 Å². The van der Waals surface area contributed by atoms with Gasteiger partial charge in [-0.3, -0.25) is 0 Å². The maximum Gasteiger partial charge on any atom is 0.129 e. The number of rotatable bonds is 0. The summed E-state index contributed by atoms with van der Waals surface area (Å²) in [6, 6.07) is 5.41. The first-order valence-corrected chi connectivity index (χ1v) is 2.34. The fraction of sp³-hybridized carbons (Fsp3) is 0. The van der Waals surface area contributed by atoms with Gasteiger partial charge in [0.25, 0.3) is 0 Å². The molecule has 1 rings (SSSR count). The molecule has 8 heavy (non-hydrogen) atoms. The first-order valence-electron chi connectivity index (χ1n) is 1.96. The summed E-state index contributed by atoms with van der Waals surface area (Å²) in [4.78, 5) is 3.74. The molecule has 0 saturated heterocycles. The molecule has 0 aromatic carbocycles. The van der Waals surface area contributed by atoms with E-state index < -0.39 is 0 Å².